The molecule has 2 aromatic carbocycles. The molecular formula is C29H31N5O2. The molecule has 36 heavy (non-hydrogen) atoms. The van der Waals surface area contributed by atoms with Gasteiger partial charge in [-0.15, -0.1) is 0 Å². The number of hydrogen-bond acceptors (Lipinski definition) is 6. The number of carbonyl (C=O) groups is 1. The summed E-state index contributed by atoms with van der Waals surface area (Å²) in [6.07, 6.45) is 8.97. The van der Waals surface area contributed by atoms with E-state index in [1.807, 2.05) is 24.4 Å². The monoisotopic (exact) mass is 481 g/mol. The van der Waals surface area contributed by atoms with E-state index in [-0.39, 0.29) is 11.9 Å². The van der Waals surface area contributed by atoms with Crippen molar-refractivity contribution < 1.29 is 9.90 Å². The Balaban J connectivity index is 1.34. The molecule has 3 aliphatic rings. The second kappa shape index (κ2) is 9.06. The molecule has 1 aromatic heterocycles. The van der Waals surface area contributed by atoms with Crippen LogP contribution >= 0.6 is 0 Å². The molecule has 184 valence electrons. The van der Waals surface area contributed by atoms with E-state index in [1.165, 1.54) is 16.7 Å². The summed E-state index contributed by atoms with van der Waals surface area (Å²) < 4.78 is 0. The topological polar surface area (TPSA) is 81.6 Å². The number of nitrogens with one attached hydrogen (secondary N) is 1. The maximum atomic E-state index is 13.0. The van der Waals surface area contributed by atoms with Gasteiger partial charge in [0.15, 0.2) is 0 Å². The summed E-state index contributed by atoms with van der Waals surface area (Å²) in [7, 11) is 0. The van der Waals surface area contributed by atoms with Crippen LogP contribution in [0.1, 0.15) is 46.0 Å². The van der Waals surface area contributed by atoms with Crippen LogP contribution in [-0.2, 0) is 13.0 Å². The first-order valence-corrected chi connectivity index (χ1v) is 12.7. The van der Waals surface area contributed by atoms with Gasteiger partial charge in [-0.3, -0.25) is 4.79 Å². The predicted molar refractivity (Wildman–Crippen MR) is 142 cm³/mol. The van der Waals surface area contributed by atoms with Crippen molar-refractivity contribution in [3.05, 3.63) is 82.8 Å². The maximum Gasteiger partial charge on any atom is 0.253 e. The number of aliphatic hydroxyl groups is 1. The molecule has 2 atom stereocenters. The third kappa shape index (κ3) is 4.03. The highest BCUT2D eigenvalue weighted by Gasteiger charge is 2.27. The number of hydrogen-bond donors (Lipinski definition) is 2. The van der Waals surface area contributed by atoms with E-state index in [2.05, 4.69) is 53.3 Å². The molecule has 2 N–H and O–H groups in total. The Labute approximate surface area is 211 Å². The summed E-state index contributed by atoms with van der Waals surface area (Å²) in [5.41, 5.74) is 7.65. The number of nitrogens with zero attached hydrogens (tertiary/aromatic N) is 4. The van der Waals surface area contributed by atoms with Gasteiger partial charge in [-0.25, -0.2) is 9.97 Å². The van der Waals surface area contributed by atoms with Gasteiger partial charge in [0.05, 0.1) is 11.6 Å². The summed E-state index contributed by atoms with van der Waals surface area (Å²) in [5, 5.41) is 14.3. The summed E-state index contributed by atoms with van der Waals surface area (Å²) in [6.45, 7) is 6.85. The van der Waals surface area contributed by atoms with Crippen LogP contribution < -0.4 is 10.2 Å². The van der Waals surface area contributed by atoms with Crippen LogP contribution in [0.2, 0.25) is 0 Å². The molecular weight excluding hydrogens is 450 g/mol. The van der Waals surface area contributed by atoms with E-state index in [9.17, 15) is 9.90 Å². The van der Waals surface area contributed by atoms with E-state index in [0.717, 1.165) is 40.8 Å². The van der Waals surface area contributed by atoms with Crippen molar-refractivity contribution >= 4 is 28.2 Å². The van der Waals surface area contributed by atoms with Crippen molar-refractivity contribution in [2.24, 2.45) is 0 Å². The molecule has 0 aliphatic carbocycles. The second-order valence-electron chi connectivity index (χ2n) is 10.1. The van der Waals surface area contributed by atoms with Crippen molar-refractivity contribution in [2.75, 3.05) is 24.5 Å². The van der Waals surface area contributed by atoms with Gasteiger partial charge in [0.2, 0.25) is 0 Å². The van der Waals surface area contributed by atoms with Crippen LogP contribution in [0.3, 0.4) is 0 Å². The fourth-order valence-electron chi connectivity index (χ4n) is 5.66. The molecule has 7 heteroatoms. The Kier molecular flexibility index (Phi) is 5.72. The van der Waals surface area contributed by atoms with Gasteiger partial charge < -0.3 is 20.2 Å². The van der Waals surface area contributed by atoms with Crippen LogP contribution in [0.25, 0.3) is 16.5 Å². The molecule has 0 saturated carbocycles. The van der Waals surface area contributed by atoms with E-state index in [4.69, 9.17) is 4.98 Å². The third-order valence-electron chi connectivity index (χ3n) is 7.64. The number of β-amino-alcohol motifs (C(OH)–C–C–N with tert-alkyl or cyclic N) is 1. The number of allylic oxidation sites excluding steroid dienone is 2. The molecule has 6 rings (SSSR count). The summed E-state index contributed by atoms with van der Waals surface area (Å²) in [5.74, 6) is 0.930. The minimum Gasteiger partial charge on any atom is -0.391 e. The molecule has 0 bridgehead atoms. The first kappa shape index (κ1) is 22.7. The molecule has 1 unspecified atom stereocenters. The fourth-order valence-corrected chi connectivity index (χ4v) is 5.66. The fraction of sp³-hybridized carbons (Fsp3) is 0.345. The third-order valence-corrected chi connectivity index (χ3v) is 7.64. The SMILES string of the molecule is Cc1cc(C2=CC=CNC2C)cc2c(N3CCc4ccc(C(=O)N5CC[C@@H](O)C5)cc4C3)ncnc12. The number of dihydropyridines is 1. The lowest BCUT2D eigenvalue weighted by molar-refractivity contribution is 0.0765. The highest BCUT2D eigenvalue weighted by molar-refractivity contribution is 5.96. The molecule has 0 radical (unpaired) electrons. The van der Waals surface area contributed by atoms with Crippen LogP contribution in [0.15, 0.2) is 55.0 Å². The minimum atomic E-state index is -0.416. The second-order valence-corrected chi connectivity index (χ2v) is 10.1. The van der Waals surface area contributed by atoms with Crippen molar-refractivity contribution in [3.63, 3.8) is 0 Å². The van der Waals surface area contributed by atoms with Crippen molar-refractivity contribution in [2.45, 2.75) is 45.4 Å². The van der Waals surface area contributed by atoms with Crippen molar-refractivity contribution in [3.8, 4) is 0 Å². The number of rotatable bonds is 3. The number of fused-ring (bicyclic) bond motifs is 2. The smallest absolute Gasteiger partial charge is 0.253 e. The van der Waals surface area contributed by atoms with Gasteiger partial charge in [0.1, 0.15) is 12.1 Å². The number of aliphatic hydroxyl groups excluding tert-OH is 1. The van der Waals surface area contributed by atoms with Crippen molar-refractivity contribution in [1.29, 1.82) is 0 Å². The van der Waals surface area contributed by atoms with Crippen LogP contribution in [0, 0.1) is 6.92 Å². The maximum absolute atomic E-state index is 13.0. The zero-order valence-corrected chi connectivity index (χ0v) is 20.7. The lowest BCUT2D eigenvalue weighted by atomic mass is 9.93. The van der Waals surface area contributed by atoms with Gasteiger partial charge in [-0.2, -0.15) is 0 Å². The number of amides is 1. The number of anilines is 1. The Morgan fingerprint density at radius 2 is 2.03 bits per heavy atom. The molecule has 3 aromatic rings. The van der Waals surface area contributed by atoms with E-state index < -0.39 is 6.10 Å². The molecule has 4 heterocycles. The molecule has 7 nitrogen and oxygen atoms in total. The first-order valence-electron chi connectivity index (χ1n) is 12.7. The van der Waals surface area contributed by atoms with E-state index >= 15 is 0 Å². The quantitative estimate of drug-likeness (QED) is 0.595. The van der Waals surface area contributed by atoms with Gasteiger partial charge in [0.25, 0.3) is 5.91 Å². The summed E-state index contributed by atoms with van der Waals surface area (Å²) in [4.78, 5) is 26.4. The van der Waals surface area contributed by atoms with E-state index in [1.54, 1.807) is 11.2 Å². The molecule has 1 saturated heterocycles. The minimum absolute atomic E-state index is 0.00300. The zero-order valence-electron chi connectivity index (χ0n) is 20.7. The van der Waals surface area contributed by atoms with Gasteiger partial charge in [-0.05, 0) is 91.1 Å². The lowest BCUT2D eigenvalue weighted by Gasteiger charge is -2.31. The predicted octanol–water partition coefficient (Wildman–Crippen LogP) is 3.60. The molecule has 1 fully saturated rings. The molecule has 0 spiro atoms. The normalized spacial score (nSPS) is 21.4. The van der Waals surface area contributed by atoms with Crippen LogP contribution in [0.4, 0.5) is 5.82 Å². The number of aromatic nitrogens is 2. The van der Waals surface area contributed by atoms with Crippen LogP contribution in [0.5, 0.6) is 0 Å². The summed E-state index contributed by atoms with van der Waals surface area (Å²) in [6, 6.07) is 10.7. The van der Waals surface area contributed by atoms with Crippen molar-refractivity contribution in [1.82, 2.24) is 20.2 Å². The van der Waals surface area contributed by atoms with Gasteiger partial charge in [-0.1, -0.05) is 12.1 Å². The summed E-state index contributed by atoms with van der Waals surface area (Å²) >= 11 is 0. The molecule has 3 aliphatic heterocycles. The van der Waals surface area contributed by atoms with Crippen LogP contribution in [-0.4, -0.2) is 57.7 Å². The Morgan fingerprint density at radius 3 is 2.83 bits per heavy atom. The Hall–Kier alpha value is -3.71. The average molecular weight is 482 g/mol. The number of benzene rings is 2. The first-order chi connectivity index (χ1) is 17.5. The standard InChI is InChI=1S/C29H31N5O2/c1-18-12-22(25-4-3-9-30-19(25)2)14-26-27(18)31-17-32-28(26)33-10-7-20-5-6-21(13-23(20)15-33)29(36)34-11-8-24(35)16-34/h3-6,9,12-14,17,19,24,30,35H,7-8,10-11,15-16H2,1-2H3/t19?,24-/m1/s1. The highest BCUT2D eigenvalue weighted by atomic mass is 16.3. The number of aryl methyl sites for hydroxylation is 1. The largest absolute Gasteiger partial charge is 0.391 e. The Morgan fingerprint density at radius 1 is 1.14 bits per heavy atom. The highest BCUT2D eigenvalue weighted by Crippen LogP contribution is 2.33. The number of carbonyl (C=O) groups excluding carboxylic acids is 1. The average Bonchev–Trinajstić information content (AvgIpc) is 3.33. The number of likely N-dealkylation sites (tertiary alicyclic amines) is 1. The van der Waals surface area contributed by atoms with E-state index in [0.29, 0.717) is 31.6 Å². The molecule has 1 amide bonds. The zero-order chi connectivity index (χ0) is 24.8. The van der Waals surface area contributed by atoms with Gasteiger partial charge in [0, 0.05) is 43.2 Å². The van der Waals surface area contributed by atoms with Gasteiger partial charge >= 0.3 is 0 Å². The Bertz CT molecular complexity index is 1410. The lowest BCUT2D eigenvalue weighted by Crippen LogP contribution is -2.32.